The number of ether oxygens (including phenoxy) is 1. The first-order valence-corrected chi connectivity index (χ1v) is 2.94. The van der Waals surface area contributed by atoms with Gasteiger partial charge in [-0.05, 0) is 6.42 Å². The maximum Gasteiger partial charge on any atom is 0.187 e. The summed E-state index contributed by atoms with van der Waals surface area (Å²) in [6, 6.07) is 0. The number of rotatable bonds is 2. The highest BCUT2D eigenvalue weighted by atomic mass is 16.5. The van der Waals surface area contributed by atoms with Crippen LogP contribution in [-0.4, -0.2) is 19.0 Å². The molecule has 1 radical (unpaired) electrons. The van der Waals surface area contributed by atoms with Crippen molar-refractivity contribution in [1.82, 2.24) is 0 Å². The average molecular weight is 112 g/mol. The molecule has 0 fully saturated rings. The van der Waals surface area contributed by atoms with E-state index >= 15 is 0 Å². The summed E-state index contributed by atoms with van der Waals surface area (Å²) in [5.74, 6) is 0.826. The minimum atomic E-state index is 0.770. The molecule has 0 amide bonds. The molecular formula is C6H10NO. The second kappa shape index (κ2) is 2.70. The molecule has 0 saturated heterocycles. The zero-order valence-electron chi connectivity index (χ0n) is 5.05. The molecule has 0 saturated carbocycles. The Morgan fingerprint density at radius 2 is 2.75 bits per heavy atom. The highest BCUT2D eigenvalue weighted by Gasteiger charge is 2.03. The Balaban J connectivity index is 2.23. The van der Waals surface area contributed by atoms with Crippen LogP contribution in [0.3, 0.4) is 0 Å². The molecule has 2 heteroatoms. The molecule has 1 aliphatic heterocycles. The van der Waals surface area contributed by atoms with Crippen LogP contribution < -0.4 is 0 Å². The lowest BCUT2D eigenvalue weighted by Crippen LogP contribution is -1.97. The summed E-state index contributed by atoms with van der Waals surface area (Å²) in [4.78, 5) is 4.06. The summed E-state index contributed by atoms with van der Waals surface area (Å²) in [5, 5.41) is 0. The second-order valence-corrected chi connectivity index (χ2v) is 1.68. The van der Waals surface area contributed by atoms with Crippen LogP contribution >= 0.6 is 0 Å². The Morgan fingerprint density at radius 1 is 1.88 bits per heavy atom. The van der Waals surface area contributed by atoms with Gasteiger partial charge in [0.15, 0.2) is 5.90 Å². The van der Waals surface area contributed by atoms with Crippen LogP contribution in [0.2, 0.25) is 0 Å². The molecule has 1 rings (SSSR count). The van der Waals surface area contributed by atoms with Crippen LogP contribution in [0.1, 0.15) is 13.3 Å². The van der Waals surface area contributed by atoms with Gasteiger partial charge in [-0.15, -0.1) is 0 Å². The van der Waals surface area contributed by atoms with E-state index in [1.807, 2.05) is 6.42 Å². The average Bonchev–Trinajstić information content (AvgIpc) is 2.19. The van der Waals surface area contributed by atoms with Crippen molar-refractivity contribution in [2.45, 2.75) is 13.3 Å². The Hall–Kier alpha value is -0.530. The van der Waals surface area contributed by atoms with Crippen molar-refractivity contribution in [2.24, 2.45) is 4.99 Å². The lowest BCUT2D eigenvalue weighted by molar-refractivity contribution is 0.346. The van der Waals surface area contributed by atoms with E-state index in [-0.39, 0.29) is 0 Å². The molecule has 0 unspecified atom stereocenters. The first-order chi connectivity index (χ1) is 3.93. The van der Waals surface area contributed by atoms with Crippen molar-refractivity contribution in [3.05, 3.63) is 6.42 Å². The van der Waals surface area contributed by atoms with Crippen molar-refractivity contribution >= 4 is 5.90 Å². The van der Waals surface area contributed by atoms with Gasteiger partial charge in [-0.1, -0.05) is 6.92 Å². The van der Waals surface area contributed by atoms with E-state index in [2.05, 4.69) is 11.9 Å². The summed E-state index contributed by atoms with van der Waals surface area (Å²) < 4.78 is 5.09. The smallest absolute Gasteiger partial charge is 0.187 e. The largest absolute Gasteiger partial charge is 0.479 e. The monoisotopic (exact) mass is 112 g/mol. The van der Waals surface area contributed by atoms with E-state index in [1.54, 1.807) is 0 Å². The van der Waals surface area contributed by atoms with Gasteiger partial charge in [-0.3, -0.25) is 4.99 Å². The van der Waals surface area contributed by atoms with Crippen LogP contribution in [0.5, 0.6) is 0 Å². The molecule has 0 aromatic rings. The first kappa shape index (κ1) is 5.60. The molecule has 0 atom stereocenters. The first-order valence-electron chi connectivity index (χ1n) is 2.94. The Morgan fingerprint density at radius 3 is 3.25 bits per heavy atom. The number of hydrogen-bond donors (Lipinski definition) is 0. The molecule has 0 aromatic carbocycles. The summed E-state index contributed by atoms with van der Waals surface area (Å²) >= 11 is 0. The van der Waals surface area contributed by atoms with Crippen LogP contribution in [0, 0.1) is 6.42 Å². The lowest BCUT2D eigenvalue weighted by Gasteiger charge is -1.94. The molecule has 0 aromatic heterocycles. The predicted octanol–water partition coefficient (Wildman–Crippen LogP) is 1.03. The van der Waals surface area contributed by atoms with Gasteiger partial charge < -0.3 is 4.74 Å². The van der Waals surface area contributed by atoms with E-state index < -0.39 is 0 Å². The normalized spacial score (nSPS) is 17.9. The molecular weight excluding hydrogens is 102 g/mol. The summed E-state index contributed by atoms with van der Waals surface area (Å²) in [7, 11) is 0. The van der Waals surface area contributed by atoms with E-state index in [4.69, 9.17) is 4.74 Å². The third kappa shape index (κ3) is 1.22. The minimum absolute atomic E-state index is 0.770. The van der Waals surface area contributed by atoms with Gasteiger partial charge in [0.2, 0.25) is 0 Å². The molecule has 0 spiro atoms. The Kier molecular flexibility index (Phi) is 1.89. The van der Waals surface area contributed by atoms with Gasteiger partial charge in [-0.25, -0.2) is 0 Å². The fourth-order valence-corrected chi connectivity index (χ4v) is 0.650. The van der Waals surface area contributed by atoms with E-state index in [0.717, 1.165) is 25.5 Å². The zero-order valence-corrected chi connectivity index (χ0v) is 5.05. The quantitative estimate of drug-likeness (QED) is 0.522. The third-order valence-corrected chi connectivity index (χ3v) is 0.988. The van der Waals surface area contributed by atoms with Crippen molar-refractivity contribution in [1.29, 1.82) is 0 Å². The van der Waals surface area contributed by atoms with E-state index in [9.17, 15) is 0 Å². The molecule has 45 valence electrons. The van der Waals surface area contributed by atoms with Gasteiger partial charge in [-0.2, -0.15) is 0 Å². The van der Waals surface area contributed by atoms with Crippen LogP contribution in [0.15, 0.2) is 4.99 Å². The number of hydrogen-bond acceptors (Lipinski definition) is 2. The lowest BCUT2D eigenvalue weighted by atomic mass is 10.3. The van der Waals surface area contributed by atoms with Crippen molar-refractivity contribution in [3.63, 3.8) is 0 Å². The second-order valence-electron chi connectivity index (χ2n) is 1.68. The molecule has 1 heterocycles. The molecule has 0 N–H and O–H groups in total. The number of nitrogens with zero attached hydrogens (tertiary/aromatic N) is 1. The van der Waals surface area contributed by atoms with Crippen molar-refractivity contribution in [2.75, 3.05) is 13.2 Å². The minimum Gasteiger partial charge on any atom is -0.479 e. The van der Waals surface area contributed by atoms with Gasteiger partial charge >= 0.3 is 0 Å². The van der Waals surface area contributed by atoms with Crippen molar-refractivity contribution in [3.8, 4) is 0 Å². The molecule has 0 bridgehead atoms. The SMILES string of the molecule is CC[CH]C1=NCCO1. The van der Waals surface area contributed by atoms with Gasteiger partial charge in [0.25, 0.3) is 0 Å². The van der Waals surface area contributed by atoms with Crippen LogP contribution in [0.4, 0.5) is 0 Å². The highest BCUT2D eigenvalue weighted by Crippen LogP contribution is 1.98. The Labute approximate surface area is 49.6 Å². The van der Waals surface area contributed by atoms with Crippen LogP contribution in [0.25, 0.3) is 0 Å². The fraction of sp³-hybridized carbons (Fsp3) is 0.667. The molecule has 1 aliphatic rings. The fourth-order valence-electron chi connectivity index (χ4n) is 0.650. The topological polar surface area (TPSA) is 21.6 Å². The van der Waals surface area contributed by atoms with Crippen LogP contribution in [-0.2, 0) is 4.74 Å². The Bertz CT molecular complexity index is 98.7. The van der Waals surface area contributed by atoms with Gasteiger partial charge in [0, 0.05) is 6.42 Å². The number of aliphatic imine (C=N–C) groups is 1. The van der Waals surface area contributed by atoms with Crippen molar-refractivity contribution < 1.29 is 4.74 Å². The molecule has 0 aliphatic carbocycles. The molecule has 2 nitrogen and oxygen atoms in total. The maximum absolute atomic E-state index is 5.09. The van der Waals surface area contributed by atoms with E-state index in [1.165, 1.54) is 0 Å². The predicted molar refractivity (Wildman–Crippen MR) is 32.8 cm³/mol. The summed E-state index contributed by atoms with van der Waals surface area (Å²) in [6.07, 6.45) is 3.01. The zero-order chi connectivity index (χ0) is 5.82. The van der Waals surface area contributed by atoms with E-state index in [0.29, 0.717) is 0 Å². The summed E-state index contributed by atoms with van der Waals surface area (Å²) in [6.45, 7) is 3.68. The highest BCUT2D eigenvalue weighted by molar-refractivity contribution is 5.85. The summed E-state index contributed by atoms with van der Waals surface area (Å²) in [5.41, 5.74) is 0. The van der Waals surface area contributed by atoms with Gasteiger partial charge in [0.05, 0.1) is 6.54 Å². The maximum atomic E-state index is 5.09. The molecule has 8 heavy (non-hydrogen) atoms. The third-order valence-electron chi connectivity index (χ3n) is 0.988. The van der Waals surface area contributed by atoms with Gasteiger partial charge in [0.1, 0.15) is 6.61 Å². The standard InChI is InChI=1S/C6H10NO/c1-2-3-6-7-4-5-8-6/h3H,2,4-5H2,1H3.